The van der Waals surface area contributed by atoms with Crippen LogP contribution in [0.3, 0.4) is 0 Å². The van der Waals surface area contributed by atoms with E-state index in [1.165, 1.54) is 7.05 Å². The first-order valence-electron chi connectivity index (χ1n) is 12.1. The molecule has 1 aliphatic rings. The predicted molar refractivity (Wildman–Crippen MR) is 146 cm³/mol. The van der Waals surface area contributed by atoms with Gasteiger partial charge in [-0.3, -0.25) is 14.4 Å². The van der Waals surface area contributed by atoms with Crippen molar-refractivity contribution in [3.63, 3.8) is 0 Å². The maximum absolute atomic E-state index is 13.5. The van der Waals surface area contributed by atoms with Crippen LogP contribution >= 0.6 is 22.9 Å². The van der Waals surface area contributed by atoms with Gasteiger partial charge in [-0.05, 0) is 59.7 Å². The van der Waals surface area contributed by atoms with Crippen molar-refractivity contribution in [3.8, 4) is 0 Å². The van der Waals surface area contributed by atoms with Gasteiger partial charge in [-0.1, -0.05) is 29.8 Å². The molecule has 3 heterocycles. The van der Waals surface area contributed by atoms with Gasteiger partial charge in [0.1, 0.15) is 5.58 Å². The van der Waals surface area contributed by atoms with Crippen molar-refractivity contribution in [1.29, 1.82) is 0 Å². The molecule has 1 aliphatic heterocycles. The number of fused-ring (bicyclic) bond motifs is 2. The molecule has 1 unspecified atom stereocenters. The van der Waals surface area contributed by atoms with Gasteiger partial charge in [0.15, 0.2) is 0 Å². The number of amides is 3. The topological polar surface area (TPSA) is 120 Å². The minimum absolute atomic E-state index is 0.140. The Balaban J connectivity index is 1.37. The average molecular weight is 566 g/mol. The van der Waals surface area contributed by atoms with E-state index < -0.39 is 23.9 Å². The Hall–Kier alpha value is -4.15. The van der Waals surface area contributed by atoms with Gasteiger partial charge in [-0.15, -0.1) is 11.3 Å². The summed E-state index contributed by atoms with van der Waals surface area (Å²) in [5.41, 5.74) is 3.40. The molecule has 2 N–H and O–H groups in total. The van der Waals surface area contributed by atoms with Gasteiger partial charge in [0.05, 0.1) is 21.7 Å². The van der Waals surface area contributed by atoms with E-state index in [0.29, 0.717) is 41.1 Å². The standard InChI is InChI=1S/C28H24ClN3O6S/c1-15-12-18-14-32(26(34)17-6-5-16-8-10-38-20(16)13-17)9-7-19(18)23(29)22(15)27(35)31(2)24(28(36)37)30-25(33)21-4-3-11-39-21/h3-6,8,10-13,24H,7,9,14H2,1-2H3,(H,30,33)(H,36,37). The van der Waals surface area contributed by atoms with Crippen molar-refractivity contribution in [2.75, 3.05) is 13.6 Å². The van der Waals surface area contributed by atoms with Crippen LogP contribution in [-0.2, 0) is 17.8 Å². The summed E-state index contributed by atoms with van der Waals surface area (Å²) < 4.78 is 5.43. The summed E-state index contributed by atoms with van der Waals surface area (Å²) in [7, 11) is 1.31. The lowest BCUT2D eigenvalue weighted by Gasteiger charge is -2.32. The number of aryl methyl sites for hydroxylation is 1. The Morgan fingerprint density at radius 3 is 2.69 bits per heavy atom. The molecule has 0 bridgehead atoms. The van der Waals surface area contributed by atoms with Crippen molar-refractivity contribution < 1.29 is 28.7 Å². The number of aliphatic carboxylic acids is 1. The van der Waals surface area contributed by atoms with Gasteiger partial charge in [0, 0.05) is 31.1 Å². The molecule has 0 radical (unpaired) electrons. The predicted octanol–water partition coefficient (Wildman–Crippen LogP) is 4.57. The number of nitrogens with one attached hydrogen (secondary N) is 1. The second-order valence-corrected chi connectivity index (χ2v) is 10.6. The number of carbonyl (C=O) groups excluding carboxylic acids is 3. The van der Waals surface area contributed by atoms with E-state index >= 15 is 0 Å². The maximum atomic E-state index is 13.5. The summed E-state index contributed by atoms with van der Waals surface area (Å²) in [4.78, 5) is 54.2. The number of thiophene rings is 1. The highest BCUT2D eigenvalue weighted by Crippen LogP contribution is 2.33. The number of carboxylic acids is 1. The minimum Gasteiger partial charge on any atom is -0.478 e. The zero-order chi connectivity index (χ0) is 27.8. The fraction of sp³-hybridized carbons (Fsp3) is 0.214. The first-order valence-corrected chi connectivity index (χ1v) is 13.3. The minimum atomic E-state index is -1.60. The monoisotopic (exact) mass is 565 g/mol. The second-order valence-electron chi connectivity index (χ2n) is 9.28. The lowest BCUT2D eigenvalue weighted by Crippen LogP contribution is -2.53. The quantitative estimate of drug-likeness (QED) is 0.331. The van der Waals surface area contributed by atoms with Crippen LogP contribution in [0, 0.1) is 6.92 Å². The number of carbonyl (C=O) groups is 4. The smallest absolute Gasteiger partial charge is 0.347 e. The maximum Gasteiger partial charge on any atom is 0.347 e. The number of hydrogen-bond acceptors (Lipinski definition) is 6. The summed E-state index contributed by atoms with van der Waals surface area (Å²) in [5.74, 6) is -2.76. The van der Waals surface area contributed by atoms with Gasteiger partial charge in [0.2, 0.25) is 6.17 Å². The van der Waals surface area contributed by atoms with Gasteiger partial charge in [0.25, 0.3) is 17.7 Å². The fourth-order valence-corrected chi connectivity index (χ4v) is 5.83. The lowest BCUT2D eigenvalue weighted by molar-refractivity contribution is -0.142. The molecule has 39 heavy (non-hydrogen) atoms. The summed E-state index contributed by atoms with van der Waals surface area (Å²) in [5, 5.41) is 15.0. The van der Waals surface area contributed by atoms with Gasteiger partial charge in [-0.25, -0.2) is 4.79 Å². The van der Waals surface area contributed by atoms with Gasteiger partial charge in [-0.2, -0.15) is 0 Å². The zero-order valence-corrected chi connectivity index (χ0v) is 22.6. The van der Waals surface area contributed by atoms with Crippen LogP contribution in [0.1, 0.15) is 47.1 Å². The van der Waals surface area contributed by atoms with E-state index in [9.17, 15) is 24.3 Å². The molecule has 0 spiro atoms. The lowest BCUT2D eigenvalue weighted by atomic mass is 9.92. The number of furan rings is 1. The van der Waals surface area contributed by atoms with E-state index in [4.69, 9.17) is 16.0 Å². The van der Waals surface area contributed by atoms with Crippen LogP contribution in [0.15, 0.2) is 58.5 Å². The van der Waals surface area contributed by atoms with E-state index in [1.807, 2.05) is 12.1 Å². The third kappa shape index (κ3) is 5.00. The Morgan fingerprint density at radius 1 is 1.18 bits per heavy atom. The Bertz CT molecular complexity index is 1610. The van der Waals surface area contributed by atoms with Crippen LogP contribution in [0.4, 0.5) is 0 Å². The summed E-state index contributed by atoms with van der Waals surface area (Å²) >= 11 is 7.90. The Labute approximate surface area is 232 Å². The highest BCUT2D eigenvalue weighted by molar-refractivity contribution is 7.12. The molecule has 2 aromatic heterocycles. The molecule has 0 saturated heterocycles. The molecule has 9 nitrogen and oxygen atoms in total. The van der Waals surface area contributed by atoms with Crippen molar-refractivity contribution in [3.05, 3.63) is 91.8 Å². The molecule has 5 rings (SSSR count). The van der Waals surface area contributed by atoms with Crippen molar-refractivity contribution in [1.82, 2.24) is 15.1 Å². The third-order valence-corrected chi connectivity index (χ3v) is 8.09. The molecule has 3 amide bonds. The number of nitrogens with zero attached hydrogens (tertiary/aromatic N) is 2. The summed E-state index contributed by atoms with van der Waals surface area (Å²) in [6.45, 7) is 2.41. The van der Waals surface area contributed by atoms with Crippen LogP contribution in [0.2, 0.25) is 5.02 Å². The fourth-order valence-electron chi connectivity index (χ4n) is 4.76. The van der Waals surface area contributed by atoms with Crippen LogP contribution in [0.5, 0.6) is 0 Å². The van der Waals surface area contributed by atoms with E-state index in [0.717, 1.165) is 32.7 Å². The number of carboxylic acid groups (broad SMARTS) is 1. The van der Waals surface area contributed by atoms with Crippen molar-refractivity contribution in [2.45, 2.75) is 26.1 Å². The second kappa shape index (κ2) is 10.5. The molecule has 0 fully saturated rings. The normalized spacial score (nSPS) is 13.6. The van der Waals surface area contributed by atoms with Crippen LogP contribution < -0.4 is 5.32 Å². The molecular weight excluding hydrogens is 542 g/mol. The molecule has 0 aliphatic carbocycles. The number of rotatable bonds is 6. The van der Waals surface area contributed by atoms with E-state index in [-0.39, 0.29) is 16.5 Å². The van der Waals surface area contributed by atoms with Gasteiger partial charge < -0.3 is 24.6 Å². The number of hydrogen-bond donors (Lipinski definition) is 2. The first kappa shape index (κ1) is 26.5. The molecule has 1 atom stereocenters. The molecule has 2 aromatic carbocycles. The Morgan fingerprint density at radius 2 is 1.97 bits per heavy atom. The van der Waals surface area contributed by atoms with E-state index in [2.05, 4.69) is 5.32 Å². The summed E-state index contributed by atoms with van der Waals surface area (Å²) in [6, 6.07) is 12.2. The first-order chi connectivity index (χ1) is 18.7. The number of benzene rings is 2. The molecular formula is C28H24ClN3O6S. The van der Waals surface area contributed by atoms with Gasteiger partial charge >= 0.3 is 5.97 Å². The number of halogens is 1. The highest BCUT2D eigenvalue weighted by Gasteiger charge is 2.33. The Kier molecular flexibility index (Phi) is 7.16. The average Bonchev–Trinajstić information content (AvgIpc) is 3.62. The largest absolute Gasteiger partial charge is 0.478 e. The molecule has 11 heteroatoms. The van der Waals surface area contributed by atoms with Crippen LogP contribution in [-0.4, -0.2) is 58.4 Å². The highest BCUT2D eigenvalue weighted by atomic mass is 35.5. The zero-order valence-electron chi connectivity index (χ0n) is 21.1. The van der Waals surface area contributed by atoms with Crippen LogP contribution in [0.25, 0.3) is 11.0 Å². The van der Waals surface area contributed by atoms with Crippen molar-refractivity contribution in [2.24, 2.45) is 0 Å². The molecule has 0 saturated carbocycles. The summed E-state index contributed by atoms with van der Waals surface area (Å²) in [6.07, 6.45) is 0.399. The van der Waals surface area contributed by atoms with E-state index in [1.54, 1.807) is 53.8 Å². The number of likely N-dealkylation sites (N-methyl/N-ethyl adjacent to an activating group) is 1. The third-order valence-electron chi connectivity index (χ3n) is 6.81. The molecule has 4 aromatic rings. The SMILES string of the molecule is Cc1cc2c(c(Cl)c1C(=O)N(C)C(NC(=O)c1cccs1)C(=O)O)CCN(C(=O)c1ccc3ccoc3c1)C2. The van der Waals surface area contributed by atoms with Crippen molar-refractivity contribution >= 4 is 57.6 Å². The molecule has 200 valence electrons.